The molecule has 0 fully saturated rings. The number of halogens is 1. The minimum absolute atomic E-state index is 0.520. The molecule has 0 unspecified atom stereocenters. The summed E-state index contributed by atoms with van der Waals surface area (Å²) in [5.74, 6) is 0. The van der Waals surface area contributed by atoms with E-state index in [1.807, 2.05) is 31.2 Å². The summed E-state index contributed by atoms with van der Waals surface area (Å²) in [5, 5.41) is 0.683. The Hall–Kier alpha value is -1.89. The number of nitrogens with zero attached hydrogens (tertiary/aromatic N) is 2. The van der Waals surface area contributed by atoms with Crippen molar-refractivity contribution in [3.63, 3.8) is 0 Å². The first kappa shape index (κ1) is 14.2. The molecule has 18 heavy (non-hydrogen) atoms. The van der Waals surface area contributed by atoms with Crippen molar-refractivity contribution in [3.8, 4) is 0 Å². The zero-order valence-corrected chi connectivity index (χ0v) is 11.1. The summed E-state index contributed by atoms with van der Waals surface area (Å²) in [5.41, 5.74) is 5.59. The number of rotatable bonds is 5. The minimum atomic E-state index is 0.520. The Bertz CT molecular complexity index is 535. The van der Waals surface area contributed by atoms with Gasteiger partial charge in [-0.15, -0.1) is 5.73 Å². The standard InChI is InChI=1S/C15H15ClN2/c1-4-5-9-18-15(8-10-17-3)14-11-13(16)7-6-12(14)2/h5-8,10-11H,1,3,9H2,2H3/b10-8-,18-15?. The van der Waals surface area contributed by atoms with E-state index in [0.29, 0.717) is 11.6 Å². The van der Waals surface area contributed by atoms with Crippen LogP contribution in [0, 0.1) is 6.92 Å². The maximum atomic E-state index is 6.01. The number of benzene rings is 1. The van der Waals surface area contributed by atoms with Crippen molar-refractivity contribution in [2.75, 3.05) is 6.54 Å². The lowest BCUT2D eigenvalue weighted by Gasteiger charge is -2.06. The topological polar surface area (TPSA) is 24.7 Å². The lowest BCUT2D eigenvalue weighted by Crippen LogP contribution is -2.01. The smallest absolute Gasteiger partial charge is 0.0669 e. The van der Waals surface area contributed by atoms with Crippen molar-refractivity contribution in [1.82, 2.24) is 0 Å². The lowest BCUT2D eigenvalue weighted by molar-refractivity contribution is 1.24. The maximum Gasteiger partial charge on any atom is 0.0669 e. The van der Waals surface area contributed by atoms with Crippen LogP contribution in [-0.2, 0) is 0 Å². The number of aliphatic imine (C=N–C) groups is 2. The van der Waals surface area contributed by atoms with E-state index in [1.54, 1.807) is 12.3 Å². The van der Waals surface area contributed by atoms with Gasteiger partial charge in [0, 0.05) is 16.8 Å². The third-order valence-electron chi connectivity index (χ3n) is 2.31. The molecule has 0 atom stereocenters. The van der Waals surface area contributed by atoms with Crippen LogP contribution in [-0.4, -0.2) is 19.0 Å². The monoisotopic (exact) mass is 258 g/mol. The van der Waals surface area contributed by atoms with Crippen LogP contribution in [0.25, 0.3) is 0 Å². The van der Waals surface area contributed by atoms with Gasteiger partial charge in [-0.1, -0.05) is 24.2 Å². The fraction of sp³-hybridized carbons (Fsp3) is 0.133. The highest BCUT2D eigenvalue weighted by atomic mass is 35.5. The van der Waals surface area contributed by atoms with Gasteiger partial charge in [-0.3, -0.25) is 9.98 Å². The zero-order valence-electron chi connectivity index (χ0n) is 10.4. The fourth-order valence-electron chi connectivity index (χ4n) is 1.43. The third kappa shape index (κ3) is 4.17. The molecule has 1 rings (SSSR count). The molecule has 0 spiro atoms. The number of hydrogen-bond acceptors (Lipinski definition) is 2. The number of allylic oxidation sites excluding steroid dienone is 1. The Morgan fingerprint density at radius 1 is 1.50 bits per heavy atom. The van der Waals surface area contributed by atoms with Crippen LogP contribution in [0.1, 0.15) is 11.1 Å². The SMILES string of the molecule is C=C=CCN=C(/C=C\N=C)c1cc(Cl)ccc1C. The second-order valence-corrected chi connectivity index (χ2v) is 4.03. The first-order chi connectivity index (χ1) is 8.69. The van der Waals surface area contributed by atoms with Crippen molar-refractivity contribution in [1.29, 1.82) is 0 Å². The Morgan fingerprint density at radius 3 is 2.94 bits per heavy atom. The van der Waals surface area contributed by atoms with E-state index >= 15 is 0 Å². The normalized spacial score (nSPS) is 11.3. The van der Waals surface area contributed by atoms with Gasteiger partial charge in [-0.25, -0.2) is 0 Å². The minimum Gasteiger partial charge on any atom is -0.280 e. The van der Waals surface area contributed by atoms with E-state index in [-0.39, 0.29) is 0 Å². The molecule has 0 saturated heterocycles. The second-order valence-electron chi connectivity index (χ2n) is 3.59. The molecule has 0 aliphatic carbocycles. The van der Waals surface area contributed by atoms with Crippen molar-refractivity contribution in [2.45, 2.75) is 6.92 Å². The molecule has 0 heterocycles. The molecule has 2 nitrogen and oxygen atoms in total. The van der Waals surface area contributed by atoms with Crippen molar-refractivity contribution in [2.24, 2.45) is 9.98 Å². The summed E-state index contributed by atoms with van der Waals surface area (Å²) in [6.45, 7) is 9.46. The highest BCUT2D eigenvalue weighted by Crippen LogP contribution is 2.17. The van der Waals surface area contributed by atoms with E-state index in [9.17, 15) is 0 Å². The van der Waals surface area contributed by atoms with Crippen LogP contribution in [0.4, 0.5) is 0 Å². The zero-order chi connectivity index (χ0) is 13.4. The Labute approximate surface area is 113 Å². The molecular weight excluding hydrogens is 244 g/mol. The molecule has 1 aromatic rings. The van der Waals surface area contributed by atoms with Crippen molar-refractivity contribution < 1.29 is 0 Å². The predicted molar refractivity (Wildman–Crippen MR) is 80.0 cm³/mol. The molecule has 0 amide bonds. The highest BCUT2D eigenvalue weighted by Gasteiger charge is 2.04. The summed E-state index contributed by atoms with van der Waals surface area (Å²) in [4.78, 5) is 8.15. The largest absolute Gasteiger partial charge is 0.280 e. The van der Waals surface area contributed by atoms with Crippen LogP contribution in [0.15, 0.2) is 58.8 Å². The fourth-order valence-corrected chi connectivity index (χ4v) is 1.60. The average Bonchev–Trinajstić information content (AvgIpc) is 2.37. The van der Waals surface area contributed by atoms with Gasteiger partial charge in [0.05, 0.1) is 12.3 Å². The molecule has 92 valence electrons. The second kappa shape index (κ2) is 7.44. The Kier molecular flexibility index (Phi) is 5.86. The first-order valence-corrected chi connectivity index (χ1v) is 5.84. The molecular formula is C15H15ClN2. The molecule has 0 aliphatic heterocycles. The summed E-state index contributed by atoms with van der Waals surface area (Å²) >= 11 is 6.01. The van der Waals surface area contributed by atoms with Crippen LogP contribution >= 0.6 is 11.6 Å². The molecule has 0 aromatic heterocycles. The van der Waals surface area contributed by atoms with E-state index in [2.05, 4.69) is 29.0 Å². The number of hydrogen-bond donors (Lipinski definition) is 0. The highest BCUT2D eigenvalue weighted by molar-refractivity contribution is 6.31. The van der Waals surface area contributed by atoms with E-state index in [1.165, 1.54) is 0 Å². The quantitative estimate of drug-likeness (QED) is 0.564. The molecule has 0 radical (unpaired) electrons. The summed E-state index contributed by atoms with van der Waals surface area (Å²) in [7, 11) is 0. The first-order valence-electron chi connectivity index (χ1n) is 5.46. The third-order valence-corrected chi connectivity index (χ3v) is 2.55. The molecule has 0 N–H and O–H groups in total. The van der Waals surface area contributed by atoms with Crippen molar-refractivity contribution >= 4 is 24.0 Å². The summed E-state index contributed by atoms with van der Waals surface area (Å²) in [6, 6.07) is 5.71. The van der Waals surface area contributed by atoms with Crippen LogP contribution in [0.5, 0.6) is 0 Å². The van der Waals surface area contributed by atoms with Gasteiger partial charge in [0.15, 0.2) is 0 Å². The van der Waals surface area contributed by atoms with Gasteiger partial charge in [0.1, 0.15) is 0 Å². The number of aryl methyl sites for hydroxylation is 1. The molecule has 0 bridgehead atoms. The molecule has 0 saturated carbocycles. The van der Waals surface area contributed by atoms with Gasteiger partial charge in [0.2, 0.25) is 0 Å². The van der Waals surface area contributed by atoms with Gasteiger partial charge < -0.3 is 0 Å². The molecule has 1 aromatic carbocycles. The van der Waals surface area contributed by atoms with Gasteiger partial charge >= 0.3 is 0 Å². The summed E-state index contributed by atoms with van der Waals surface area (Å²) < 4.78 is 0. The van der Waals surface area contributed by atoms with Crippen molar-refractivity contribution in [3.05, 3.63) is 65.0 Å². The van der Waals surface area contributed by atoms with E-state index < -0.39 is 0 Å². The molecule has 0 aliphatic rings. The van der Waals surface area contributed by atoms with E-state index in [0.717, 1.165) is 16.8 Å². The average molecular weight is 259 g/mol. The van der Waals surface area contributed by atoms with Crippen LogP contribution < -0.4 is 0 Å². The van der Waals surface area contributed by atoms with Gasteiger partial charge in [-0.2, -0.15) is 0 Å². The van der Waals surface area contributed by atoms with Crippen LogP contribution in [0.3, 0.4) is 0 Å². The maximum absolute atomic E-state index is 6.01. The van der Waals surface area contributed by atoms with Crippen LogP contribution in [0.2, 0.25) is 5.02 Å². The lowest BCUT2D eigenvalue weighted by atomic mass is 10.0. The summed E-state index contributed by atoms with van der Waals surface area (Å²) in [6.07, 6.45) is 5.18. The Balaban J connectivity index is 3.19. The molecule has 3 heteroatoms. The van der Waals surface area contributed by atoms with Gasteiger partial charge in [-0.05, 0) is 43.5 Å². The predicted octanol–water partition coefficient (Wildman–Crippen LogP) is 3.99. The van der Waals surface area contributed by atoms with E-state index in [4.69, 9.17) is 11.6 Å². The van der Waals surface area contributed by atoms with Gasteiger partial charge in [0.25, 0.3) is 0 Å². The Morgan fingerprint density at radius 2 is 2.28 bits per heavy atom.